The summed E-state index contributed by atoms with van der Waals surface area (Å²) in [6.07, 6.45) is 2.88. The van der Waals surface area contributed by atoms with Gasteiger partial charge in [0.15, 0.2) is 4.80 Å². The molecule has 1 aliphatic heterocycles. The molecule has 0 radical (unpaired) electrons. The molecule has 0 amide bonds. The molecule has 2 heterocycles. The minimum atomic E-state index is -0.865. The summed E-state index contributed by atoms with van der Waals surface area (Å²) in [7, 11) is 3.05. The summed E-state index contributed by atoms with van der Waals surface area (Å²) in [5.41, 5.74) is 1.59. The molecule has 0 N–H and O–H groups in total. The van der Waals surface area contributed by atoms with Crippen LogP contribution in [0.5, 0.6) is 11.5 Å². The number of hydrogen-bond acceptors (Lipinski definition) is 9. The number of aromatic nitrogens is 1. The fraction of sp³-hybridized carbons (Fsp3) is 0.296. The highest BCUT2D eigenvalue weighted by Gasteiger charge is 2.36. The van der Waals surface area contributed by atoms with E-state index in [4.69, 9.17) is 19.2 Å². The third-order valence-electron chi connectivity index (χ3n) is 6.03. The van der Waals surface area contributed by atoms with Crippen LogP contribution in [0.25, 0.3) is 6.08 Å². The first-order valence-corrected chi connectivity index (χ1v) is 12.8. The van der Waals surface area contributed by atoms with E-state index < -0.39 is 16.9 Å². The third-order valence-corrected chi connectivity index (χ3v) is 7.01. The molecule has 1 atom stereocenters. The van der Waals surface area contributed by atoms with Crippen molar-refractivity contribution in [1.29, 1.82) is 0 Å². The topological polar surface area (TPSA) is 122 Å². The monoisotopic (exact) mass is 537 g/mol. The Hall–Kier alpha value is -4.25. The van der Waals surface area contributed by atoms with Gasteiger partial charge >= 0.3 is 5.97 Å². The van der Waals surface area contributed by atoms with Crippen LogP contribution in [0.3, 0.4) is 0 Å². The molecule has 0 saturated carbocycles. The highest BCUT2D eigenvalue weighted by atomic mass is 32.1. The lowest BCUT2D eigenvalue weighted by Gasteiger charge is -2.27. The number of ether oxygens (including phenoxy) is 3. The standard InChI is InChI=1S/C27H27N3O7S/c1-5-7-20-23(26(32)37-6-2)24(19-15-18(35-3)12-13-21(19)36-4)29-25(31)22(38-27(29)28-20)14-16-8-10-17(11-9-16)30(33)34/h8-15,24H,5-7H2,1-4H3/b22-14-/t24-/m0/s1. The van der Waals surface area contributed by atoms with Gasteiger partial charge in [-0.2, -0.15) is 0 Å². The van der Waals surface area contributed by atoms with E-state index in [-0.39, 0.29) is 23.4 Å². The largest absolute Gasteiger partial charge is 0.497 e. The first-order valence-electron chi connectivity index (χ1n) is 12.0. The smallest absolute Gasteiger partial charge is 0.338 e. The highest BCUT2D eigenvalue weighted by Crippen LogP contribution is 2.38. The van der Waals surface area contributed by atoms with Crippen molar-refractivity contribution >= 4 is 29.1 Å². The average molecular weight is 538 g/mol. The average Bonchev–Trinajstić information content (AvgIpc) is 3.22. The number of esters is 1. The SMILES string of the molecule is CCCC1=C(C(=O)OCC)[C@H](c2cc(OC)ccc2OC)n2c(s/c(=C\c3ccc([N+](=O)[O-])cc3)c2=O)=N1. The van der Waals surface area contributed by atoms with Crippen LogP contribution < -0.4 is 24.4 Å². The lowest BCUT2D eigenvalue weighted by atomic mass is 9.93. The van der Waals surface area contributed by atoms with E-state index >= 15 is 0 Å². The van der Waals surface area contributed by atoms with E-state index in [1.807, 2.05) is 6.92 Å². The number of nitro groups is 1. The zero-order valence-electron chi connectivity index (χ0n) is 21.4. The van der Waals surface area contributed by atoms with Crippen LogP contribution in [0.15, 0.2) is 63.5 Å². The van der Waals surface area contributed by atoms with Gasteiger partial charge in [0.2, 0.25) is 0 Å². The highest BCUT2D eigenvalue weighted by molar-refractivity contribution is 7.07. The second-order valence-corrected chi connectivity index (χ2v) is 9.38. The van der Waals surface area contributed by atoms with Gasteiger partial charge in [-0.05, 0) is 55.3 Å². The van der Waals surface area contributed by atoms with Crippen molar-refractivity contribution in [3.05, 3.63) is 94.7 Å². The van der Waals surface area contributed by atoms with E-state index in [1.54, 1.807) is 43.3 Å². The first-order chi connectivity index (χ1) is 18.3. The van der Waals surface area contributed by atoms with Crippen molar-refractivity contribution < 1.29 is 23.9 Å². The fourth-order valence-electron chi connectivity index (χ4n) is 4.31. The van der Waals surface area contributed by atoms with Gasteiger partial charge in [-0.25, -0.2) is 9.79 Å². The van der Waals surface area contributed by atoms with Gasteiger partial charge in [-0.15, -0.1) is 0 Å². The second kappa shape index (κ2) is 11.4. The van der Waals surface area contributed by atoms with Gasteiger partial charge in [0.25, 0.3) is 11.2 Å². The first kappa shape index (κ1) is 26.8. The Morgan fingerprint density at radius 2 is 1.89 bits per heavy atom. The van der Waals surface area contributed by atoms with Crippen molar-refractivity contribution in [3.63, 3.8) is 0 Å². The number of carbonyl (C=O) groups is 1. The quantitative estimate of drug-likeness (QED) is 0.233. The van der Waals surface area contributed by atoms with E-state index in [0.29, 0.717) is 44.1 Å². The molecule has 11 heteroatoms. The zero-order chi connectivity index (χ0) is 27.4. The summed E-state index contributed by atoms with van der Waals surface area (Å²) in [6.45, 7) is 3.86. The molecule has 0 bridgehead atoms. The Kier molecular flexibility index (Phi) is 8.06. The van der Waals surface area contributed by atoms with Crippen LogP contribution in [0.1, 0.15) is 43.9 Å². The molecule has 198 valence electrons. The van der Waals surface area contributed by atoms with Crippen LogP contribution in [0.4, 0.5) is 5.69 Å². The maximum atomic E-state index is 13.8. The number of methoxy groups -OCH3 is 2. The summed E-state index contributed by atoms with van der Waals surface area (Å²) >= 11 is 1.18. The van der Waals surface area contributed by atoms with Crippen LogP contribution >= 0.6 is 11.3 Å². The lowest BCUT2D eigenvalue weighted by molar-refractivity contribution is -0.384. The Balaban J connectivity index is 2.01. The van der Waals surface area contributed by atoms with E-state index in [9.17, 15) is 19.7 Å². The minimum Gasteiger partial charge on any atom is -0.497 e. The van der Waals surface area contributed by atoms with Crippen LogP contribution in [0, 0.1) is 10.1 Å². The van der Waals surface area contributed by atoms with Crippen molar-refractivity contribution in [2.75, 3.05) is 20.8 Å². The van der Waals surface area contributed by atoms with Crippen molar-refractivity contribution in [2.45, 2.75) is 32.7 Å². The number of allylic oxidation sites excluding steroid dienone is 1. The molecule has 3 aromatic rings. The van der Waals surface area contributed by atoms with Gasteiger partial charge < -0.3 is 14.2 Å². The molecule has 0 spiro atoms. The van der Waals surface area contributed by atoms with E-state index in [0.717, 1.165) is 6.42 Å². The molecule has 2 aromatic carbocycles. The molecule has 0 saturated heterocycles. The number of nitrogens with zero attached hydrogens (tertiary/aromatic N) is 3. The van der Waals surface area contributed by atoms with Gasteiger partial charge in [0, 0.05) is 17.7 Å². The number of nitro benzene ring substituents is 1. The van der Waals surface area contributed by atoms with Crippen molar-refractivity contribution in [2.24, 2.45) is 4.99 Å². The number of fused-ring (bicyclic) bond motifs is 1. The summed E-state index contributed by atoms with van der Waals surface area (Å²) in [6, 6.07) is 10.2. The van der Waals surface area contributed by atoms with Crippen LogP contribution in [0.2, 0.25) is 0 Å². The molecular formula is C27H27N3O7S. The molecule has 38 heavy (non-hydrogen) atoms. The predicted octanol–water partition coefficient (Wildman–Crippen LogP) is 3.50. The maximum absolute atomic E-state index is 13.8. The van der Waals surface area contributed by atoms with Crippen LogP contribution in [-0.2, 0) is 9.53 Å². The number of rotatable bonds is 9. The van der Waals surface area contributed by atoms with Gasteiger partial charge in [0.1, 0.15) is 17.5 Å². The van der Waals surface area contributed by atoms with Gasteiger partial charge in [0.05, 0.1) is 41.6 Å². The van der Waals surface area contributed by atoms with Crippen molar-refractivity contribution in [3.8, 4) is 11.5 Å². The van der Waals surface area contributed by atoms with Gasteiger partial charge in [-0.1, -0.05) is 24.7 Å². The Bertz CT molecular complexity index is 1590. The molecule has 0 unspecified atom stereocenters. The second-order valence-electron chi connectivity index (χ2n) is 8.37. The minimum absolute atomic E-state index is 0.0444. The molecule has 10 nitrogen and oxygen atoms in total. The van der Waals surface area contributed by atoms with Crippen LogP contribution in [-0.4, -0.2) is 36.3 Å². The molecular weight excluding hydrogens is 510 g/mol. The number of thiazole rings is 1. The number of non-ortho nitro benzene ring substituents is 1. The molecule has 4 rings (SSSR count). The van der Waals surface area contributed by atoms with E-state index in [2.05, 4.69) is 0 Å². The predicted molar refractivity (Wildman–Crippen MR) is 142 cm³/mol. The number of hydrogen-bond donors (Lipinski definition) is 0. The normalized spacial score (nSPS) is 15.1. The molecule has 0 aliphatic carbocycles. The Morgan fingerprint density at radius 3 is 2.50 bits per heavy atom. The molecule has 1 aromatic heterocycles. The summed E-state index contributed by atoms with van der Waals surface area (Å²) in [5.74, 6) is 0.450. The fourth-order valence-corrected chi connectivity index (χ4v) is 5.33. The number of benzene rings is 2. The Labute approximate surface area is 222 Å². The van der Waals surface area contributed by atoms with E-state index in [1.165, 1.54) is 42.3 Å². The zero-order valence-corrected chi connectivity index (χ0v) is 22.2. The summed E-state index contributed by atoms with van der Waals surface area (Å²) in [5, 5.41) is 11.0. The lowest BCUT2D eigenvalue weighted by Crippen LogP contribution is -2.40. The Morgan fingerprint density at radius 1 is 1.16 bits per heavy atom. The molecule has 0 fully saturated rings. The maximum Gasteiger partial charge on any atom is 0.338 e. The van der Waals surface area contributed by atoms with Gasteiger partial charge in [-0.3, -0.25) is 19.5 Å². The van der Waals surface area contributed by atoms with Crippen molar-refractivity contribution in [1.82, 2.24) is 4.57 Å². The number of carbonyl (C=O) groups excluding carboxylic acids is 1. The summed E-state index contributed by atoms with van der Waals surface area (Å²) in [4.78, 5) is 42.9. The molecule has 1 aliphatic rings. The summed E-state index contributed by atoms with van der Waals surface area (Å²) < 4.78 is 18.3. The third kappa shape index (κ3) is 5.10.